The number of amides is 1. The minimum Gasteiger partial charge on any atom is -0.507 e. The number of benzene rings is 1. The molecule has 2 rings (SSSR count). The van der Waals surface area contributed by atoms with Gasteiger partial charge >= 0.3 is 5.97 Å². The third-order valence-corrected chi connectivity index (χ3v) is 3.01. The third kappa shape index (κ3) is 3.45. The topological polar surface area (TPSA) is 95.9 Å². The van der Waals surface area contributed by atoms with Crippen molar-refractivity contribution in [2.75, 3.05) is 18.5 Å². The quantitative estimate of drug-likeness (QED) is 0.716. The zero-order valence-corrected chi connectivity index (χ0v) is 10.3. The molecule has 1 heterocycles. The number of phenols is 1. The molecule has 6 heteroatoms. The van der Waals surface area contributed by atoms with Crippen molar-refractivity contribution in [3.63, 3.8) is 0 Å². The molecule has 0 bridgehead atoms. The number of hydrogen-bond donors (Lipinski definition) is 3. The summed E-state index contributed by atoms with van der Waals surface area (Å²) in [6.07, 6.45) is 1.21. The van der Waals surface area contributed by atoms with E-state index in [1.54, 1.807) is 0 Å². The van der Waals surface area contributed by atoms with Crippen molar-refractivity contribution < 1.29 is 24.5 Å². The zero-order chi connectivity index (χ0) is 13.8. The smallest absolute Gasteiger partial charge is 0.339 e. The van der Waals surface area contributed by atoms with Gasteiger partial charge in [-0.25, -0.2) is 4.79 Å². The first-order valence-electron chi connectivity index (χ1n) is 6.00. The van der Waals surface area contributed by atoms with Gasteiger partial charge in [0.1, 0.15) is 11.3 Å². The maximum Gasteiger partial charge on any atom is 0.339 e. The van der Waals surface area contributed by atoms with Crippen LogP contribution < -0.4 is 5.32 Å². The predicted octanol–water partition coefficient (Wildman–Crippen LogP) is 1.46. The molecule has 19 heavy (non-hydrogen) atoms. The van der Waals surface area contributed by atoms with Crippen LogP contribution >= 0.6 is 0 Å². The first-order chi connectivity index (χ1) is 9.06. The van der Waals surface area contributed by atoms with Crippen LogP contribution in [0.3, 0.4) is 0 Å². The fourth-order valence-corrected chi connectivity index (χ4v) is 2.00. The van der Waals surface area contributed by atoms with E-state index >= 15 is 0 Å². The minimum atomic E-state index is -1.24. The predicted molar refractivity (Wildman–Crippen MR) is 67.2 cm³/mol. The van der Waals surface area contributed by atoms with Gasteiger partial charge in [-0.3, -0.25) is 4.79 Å². The molecule has 0 spiro atoms. The van der Waals surface area contributed by atoms with Crippen LogP contribution in [0.15, 0.2) is 18.2 Å². The van der Waals surface area contributed by atoms with Crippen LogP contribution in [0, 0.1) is 5.92 Å². The summed E-state index contributed by atoms with van der Waals surface area (Å²) in [7, 11) is 0. The molecular formula is C13H15NO5. The highest BCUT2D eigenvalue weighted by Crippen LogP contribution is 2.22. The Kier molecular flexibility index (Phi) is 4.01. The number of carboxylic acids is 1. The third-order valence-electron chi connectivity index (χ3n) is 3.01. The molecule has 1 aliphatic heterocycles. The fraction of sp³-hybridized carbons (Fsp3) is 0.385. The molecule has 1 aromatic rings. The average Bonchev–Trinajstić information content (AvgIpc) is 2.84. The van der Waals surface area contributed by atoms with Gasteiger partial charge in [0.15, 0.2) is 0 Å². The number of rotatable bonds is 4. The van der Waals surface area contributed by atoms with E-state index in [4.69, 9.17) is 9.84 Å². The highest BCUT2D eigenvalue weighted by Gasteiger charge is 2.19. The van der Waals surface area contributed by atoms with Gasteiger partial charge in [0.05, 0.1) is 0 Å². The Bertz CT molecular complexity index is 494. The summed E-state index contributed by atoms with van der Waals surface area (Å²) in [5.74, 6) is -1.53. The van der Waals surface area contributed by atoms with Crippen molar-refractivity contribution in [2.45, 2.75) is 12.8 Å². The second-order valence-corrected chi connectivity index (χ2v) is 4.52. The molecule has 1 amide bonds. The minimum absolute atomic E-state index is 0.183. The summed E-state index contributed by atoms with van der Waals surface area (Å²) in [6, 6.07) is 3.95. The zero-order valence-electron chi connectivity index (χ0n) is 10.3. The van der Waals surface area contributed by atoms with E-state index in [-0.39, 0.29) is 23.1 Å². The second-order valence-electron chi connectivity index (χ2n) is 4.52. The number of hydrogen-bond acceptors (Lipinski definition) is 4. The Morgan fingerprint density at radius 3 is 2.84 bits per heavy atom. The maximum absolute atomic E-state index is 11.8. The Hall–Kier alpha value is -2.08. The molecule has 0 saturated carbocycles. The number of carbonyl (C=O) groups is 2. The van der Waals surface area contributed by atoms with E-state index in [0.29, 0.717) is 25.3 Å². The first kappa shape index (κ1) is 13.4. The summed E-state index contributed by atoms with van der Waals surface area (Å²) in [5, 5.41) is 20.8. The highest BCUT2D eigenvalue weighted by molar-refractivity contribution is 5.95. The second kappa shape index (κ2) is 5.71. The Labute approximate surface area is 110 Å². The molecule has 0 aliphatic carbocycles. The number of aromatic carboxylic acids is 1. The molecule has 102 valence electrons. The number of aromatic hydroxyl groups is 1. The maximum atomic E-state index is 11.8. The van der Waals surface area contributed by atoms with E-state index in [0.717, 1.165) is 6.42 Å². The summed E-state index contributed by atoms with van der Waals surface area (Å²) in [4.78, 5) is 22.6. The summed E-state index contributed by atoms with van der Waals surface area (Å²) in [5.41, 5.74) is 0.126. The van der Waals surface area contributed by atoms with Gasteiger partial charge in [0, 0.05) is 25.3 Å². The van der Waals surface area contributed by atoms with Crippen LogP contribution in [0.5, 0.6) is 5.75 Å². The van der Waals surface area contributed by atoms with Crippen molar-refractivity contribution in [1.29, 1.82) is 0 Å². The molecule has 0 radical (unpaired) electrons. The number of carbonyl (C=O) groups excluding carboxylic acids is 1. The van der Waals surface area contributed by atoms with Gasteiger partial charge in [0.25, 0.3) is 0 Å². The molecule has 1 aliphatic rings. The molecule has 1 aromatic carbocycles. The largest absolute Gasteiger partial charge is 0.507 e. The van der Waals surface area contributed by atoms with Gasteiger partial charge in [0.2, 0.25) is 5.91 Å². The number of anilines is 1. The molecule has 1 atom stereocenters. The molecule has 3 N–H and O–H groups in total. The molecule has 1 fully saturated rings. The van der Waals surface area contributed by atoms with Gasteiger partial charge in [-0.1, -0.05) is 0 Å². The van der Waals surface area contributed by atoms with Crippen molar-refractivity contribution in [3.8, 4) is 5.75 Å². The molecule has 1 saturated heterocycles. The number of carboxylic acid groups (broad SMARTS) is 1. The molecule has 1 unspecified atom stereocenters. The standard InChI is InChI=1S/C13H15NO5/c15-11-2-1-9(6-10(11)13(17)18)14-12(16)5-8-3-4-19-7-8/h1-2,6,8,15H,3-5,7H2,(H,14,16)(H,17,18). The summed E-state index contributed by atoms with van der Waals surface area (Å²) >= 11 is 0. The lowest BCUT2D eigenvalue weighted by Gasteiger charge is -2.09. The van der Waals surface area contributed by atoms with Crippen molar-refractivity contribution in [1.82, 2.24) is 0 Å². The van der Waals surface area contributed by atoms with Crippen molar-refractivity contribution in [3.05, 3.63) is 23.8 Å². The van der Waals surface area contributed by atoms with Crippen LogP contribution in [0.2, 0.25) is 0 Å². The van der Waals surface area contributed by atoms with Crippen molar-refractivity contribution in [2.24, 2.45) is 5.92 Å². The van der Waals surface area contributed by atoms with E-state index < -0.39 is 5.97 Å². The van der Waals surface area contributed by atoms with Gasteiger partial charge in [-0.15, -0.1) is 0 Å². The normalized spacial score (nSPS) is 18.2. The molecule has 0 aromatic heterocycles. The van der Waals surface area contributed by atoms with Gasteiger partial charge < -0.3 is 20.3 Å². The number of nitrogens with one attached hydrogen (secondary N) is 1. The summed E-state index contributed by atoms with van der Waals surface area (Å²) < 4.78 is 5.18. The van der Waals surface area contributed by atoms with Crippen LogP contribution in [0.25, 0.3) is 0 Å². The van der Waals surface area contributed by atoms with Crippen LogP contribution in [0.4, 0.5) is 5.69 Å². The van der Waals surface area contributed by atoms with Gasteiger partial charge in [-0.05, 0) is 30.5 Å². The average molecular weight is 265 g/mol. The fourth-order valence-electron chi connectivity index (χ4n) is 2.00. The Morgan fingerprint density at radius 1 is 1.42 bits per heavy atom. The molecular weight excluding hydrogens is 250 g/mol. The monoisotopic (exact) mass is 265 g/mol. The number of ether oxygens (including phenoxy) is 1. The van der Waals surface area contributed by atoms with E-state index in [2.05, 4.69) is 5.32 Å². The van der Waals surface area contributed by atoms with E-state index in [1.807, 2.05) is 0 Å². The van der Waals surface area contributed by atoms with Crippen molar-refractivity contribution >= 4 is 17.6 Å². The van der Waals surface area contributed by atoms with E-state index in [1.165, 1.54) is 18.2 Å². The van der Waals surface area contributed by atoms with Crippen LogP contribution in [-0.2, 0) is 9.53 Å². The van der Waals surface area contributed by atoms with Crippen LogP contribution in [-0.4, -0.2) is 35.3 Å². The highest BCUT2D eigenvalue weighted by atomic mass is 16.5. The van der Waals surface area contributed by atoms with Crippen LogP contribution in [0.1, 0.15) is 23.2 Å². The Balaban J connectivity index is 2.00. The SMILES string of the molecule is O=C(CC1CCOC1)Nc1ccc(O)c(C(=O)O)c1. The Morgan fingerprint density at radius 2 is 2.21 bits per heavy atom. The van der Waals surface area contributed by atoms with Gasteiger partial charge in [-0.2, -0.15) is 0 Å². The summed E-state index contributed by atoms with van der Waals surface area (Å²) in [6.45, 7) is 1.27. The first-order valence-corrected chi connectivity index (χ1v) is 6.00. The van der Waals surface area contributed by atoms with E-state index in [9.17, 15) is 14.7 Å². The lowest BCUT2D eigenvalue weighted by atomic mass is 10.0. The lowest BCUT2D eigenvalue weighted by molar-refractivity contribution is -0.117. The molecule has 6 nitrogen and oxygen atoms in total. The lowest BCUT2D eigenvalue weighted by Crippen LogP contribution is -2.16.